The first-order chi connectivity index (χ1) is 12.5. The number of nitrogens with two attached hydrogens (primary N) is 1. The Morgan fingerprint density at radius 1 is 1.31 bits per heavy atom. The lowest BCUT2D eigenvalue weighted by atomic mass is 9.85. The number of hydrogen-bond donors (Lipinski definition) is 2. The highest BCUT2D eigenvalue weighted by atomic mass is 32.1. The fourth-order valence-electron chi connectivity index (χ4n) is 3.84. The Kier molecular flexibility index (Phi) is 4.57. The number of rotatable bonds is 7. The van der Waals surface area contributed by atoms with Gasteiger partial charge >= 0.3 is 5.69 Å². The van der Waals surface area contributed by atoms with E-state index in [4.69, 9.17) is 5.73 Å². The van der Waals surface area contributed by atoms with Gasteiger partial charge in [0.05, 0.1) is 10.9 Å². The van der Waals surface area contributed by atoms with Crippen LogP contribution in [0, 0.1) is 12.8 Å². The molecule has 2 aliphatic rings. The lowest BCUT2D eigenvalue weighted by Gasteiger charge is -2.27. The lowest BCUT2D eigenvalue weighted by Crippen LogP contribution is -2.45. The molecule has 0 unspecified atom stereocenters. The van der Waals surface area contributed by atoms with Crippen molar-refractivity contribution < 1.29 is 0 Å². The summed E-state index contributed by atoms with van der Waals surface area (Å²) in [4.78, 5) is 28.5. The Balaban J connectivity index is 1.89. The average molecular weight is 377 g/mol. The highest BCUT2D eigenvalue weighted by molar-refractivity contribution is 7.18. The normalized spacial score (nSPS) is 19.0. The zero-order chi connectivity index (χ0) is 18.5. The minimum absolute atomic E-state index is 0.103. The first kappa shape index (κ1) is 17.9. The summed E-state index contributed by atoms with van der Waals surface area (Å²) in [5.41, 5.74) is 6.07. The highest BCUT2D eigenvalue weighted by Crippen LogP contribution is 2.41. The Hall–Kier alpha value is -1.44. The maximum absolute atomic E-state index is 13.2. The summed E-state index contributed by atoms with van der Waals surface area (Å²) < 4.78 is 3.44. The molecule has 2 saturated carbocycles. The van der Waals surface area contributed by atoms with E-state index in [0.717, 1.165) is 46.6 Å². The summed E-state index contributed by atoms with van der Waals surface area (Å²) in [5.74, 6) is 0.565. The topological polar surface area (TPSA) is 82.1 Å². The smallest absolute Gasteiger partial charge is 0.329 e. The maximum atomic E-state index is 13.2. The SMILES string of the molecule is Cc1c(CNCCN)sc2c1c(=O)n(C1(C)CC1)c(=O)n2CC1CCC1. The lowest BCUT2D eigenvalue weighted by molar-refractivity contribution is 0.272. The van der Waals surface area contributed by atoms with Gasteiger partial charge in [0, 0.05) is 31.1 Å². The van der Waals surface area contributed by atoms with Crippen molar-refractivity contribution in [2.75, 3.05) is 13.1 Å². The Morgan fingerprint density at radius 3 is 2.62 bits per heavy atom. The Bertz CT molecular complexity index is 947. The second-order valence-corrected chi connectivity index (χ2v) is 9.21. The number of aromatic nitrogens is 2. The summed E-state index contributed by atoms with van der Waals surface area (Å²) in [6.07, 6.45) is 5.42. The van der Waals surface area contributed by atoms with Gasteiger partial charge in [-0.2, -0.15) is 0 Å². The van der Waals surface area contributed by atoms with Gasteiger partial charge in [-0.15, -0.1) is 11.3 Å². The van der Waals surface area contributed by atoms with Gasteiger partial charge in [-0.05, 0) is 51.0 Å². The summed E-state index contributed by atoms with van der Waals surface area (Å²) in [6.45, 7) is 6.79. The van der Waals surface area contributed by atoms with E-state index in [-0.39, 0.29) is 16.8 Å². The number of nitrogens with zero attached hydrogens (tertiary/aromatic N) is 2. The van der Waals surface area contributed by atoms with E-state index >= 15 is 0 Å². The first-order valence-corrected chi connectivity index (χ1v) is 10.5. The van der Waals surface area contributed by atoms with Crippen molar-refractivity contribution in [2.45, 2.75) is 64.6 Å². The van der Waals surface area contributed by atoms with Crippen molar-refractivity contribution in [2.24, 2.45) is 11.7 Å². The van der Waals surface area contributed by atoms with Crippen LogP contribution in [0.2, 0.25) is 0 Å². The monoisotopic (exact) mass is 376 g/mol. The number of hydrogen-bond acceptors (Lipinski definition) is 5. The molecule has 0 atom stereocenters. The molecule has 0 aromatic carbocycles. The van der Waals surface area contributed by atoms with Crippen molar-refractivity contribution in [1.82, 2.24) is 14.5 Å². The van der Waals surface area contributed by atoms with Crippen LogP contribution in [0.4, 0.5) is 0 Å². The molecule has 3 N–H and O–H groups in total. The molecular weight excluding hydrogens is 348 g/mol. The number of aryl methyl sites for hydroxylation is 1. The minimum atomic E-state index is -0.296. The van der Waals surface area contributed by atoms with Gasteiger partial charge in [0.1, 0.15) is 4.83 Å². The summed E-state index contributed by atoms with van der Waals surface area (Å²) in [7, 11) is 0. The molecule has 0 spiro atoms. The molecule has 142 valence electrons. The van der Waals surface area contributed by atoms with E-state index in [1.54, 1.807) is 15.9 Å². The van der Waals surface area contributed by atoms with E-state index in [2.05, 4.69) is 5.32 Å². The predicted octanol–water partition coefficient (Wildman–Crippen LogP) is 1.89. The third kappa shape index (κ3) is 2.86. The van der Waals surface area contributed by atoms with Crippen molar-refractivity contribution in [3.8, 4) is 0 Å². The van der Waals surface area contributed by atoms with Crippen LogP contribution in [0.25, 0.3) is 10.2 Å². The van der Waals surface area contributed by atoms with Crippen LogP contribution < -0.4 is 22.3 Å². The molecule has 7 heteroatoms. The van der Waals surface area contributed by atoms with Crippen LogP contribution in [-0.4, -0.2) is 22.2 Å². The fraction of sp³-hybridized carbons (Fsp3) is 0.684. The highest BCUT2D eigenvalue weighted by Gasteiger charge is 2.43. The van der Waals surface area contributed by atoms with Gasteiger partial charge in [0.15, 0.2) is 0 Å². The molecule has 2 heterocycles. The van der Waals surface area contributed by atoms with Crippen LogP contribution in [-0.2, 0) is 18.6 Å². The molecule has 2 fully saturated rings. The van der Waals surface area contributed by atoms with Gasteiger partial charge in [0.25, 0.3) is 5.56 Å². The van der Waals surface area contributed by atoms with Gasteiger partial charge < -0.3 is 11.1 Å². The van der Waals surface area contributed by atoms with Gasteiger partial charge in [0.2, 0.25) is 0 Å². The molecule has 26 heavy (non-hydrogen) atoms. The number of fused-ring (bicyclic) bond motifs is 1. The van der Waals surface area contributed by atoms with Crippen molar-refractivity contribution in [1.29, 1.82) is 0 Å². The van der Waals surface area contributed by atoms with Gasteiger partial charge in [-0.3, -0.25) is 13.9 Å². The molecular formula is C19H28N4O2S. The molecule has 4 rings (SSSR count). The quantitative estimate of drug-likeness (QED) is 0.723. The number of thiophene rings is 1. The third-order valence-corrected chi connectivity index (χ3v) is 7.41. The van der Waals surface area contributed by atoms with Crippen LogP contribution in [0.3, 0.4) is 0 Å². The van der Waals surface area contributed by atoms with E-state index < -0.39 is 0 Å². The first-order valence-electron chi connectivity index (χ1n) is 9.65. The average Bonchev–Trinajstić information content (AvgIpc) is 3.20. The van der Waals surface area contributed by atoms with Crippen molar-refractivity contribution in [3.63, 3.8) is 0 Å². The van der Waals surface area contributed by atoms with Gasteiger partial charge in [-0.25, -0.2) is 4.79 Å². The largest absolute Gasteiger partial charge is 0.332 e. The second-order valence-electron chi connectivity index (χ2n) is 8.12. The van der Waals surface area contributed by atoms with Crippen LogP contribution in [0.1, 0.15) is 49.5 Å². The van der Waals surface area contributed by atoms with E-state index in [1.165, 1.54) is 19.3 Å². The Labute approximate surface area is 157 Å². The Morgan fingerprint density at radius 2 is 2.04 bits per heavy atom. The summed E-state index contributed by atoms with van der Waals surface area (Å²) in [6, 6.07) is 0. The third-order valence-electron chi connectivity index (χ3n) is 6.10. The maximum Gasteiger partial charge on any atom is 0.332 e. The second kappa shape index (κ2) is 6.62. The molecule has 0 amide bonds. The van der Waals surface area contributed by atoms with E-state index in [9.17, 15) is 9.59 Å². The van der Waals surface area contributed by atoms with E-state index in [1.807, 2.05) is 18.4 Å². The minimum Gasteiger partial charge on any atom is -0.329 e. The van der Waals surface area contributed by atoms with Crippen molar-refractivity contribution >= 4 is 21.6 Å². The fourth-order valence-corrected chi connectivity index (χ4v) is 5.11. The van der Waals surface area contributed by atoms with E-state index in [0.29, 0.717) is 19.0 Å². The predicted molar refractivity (Wildman–Crippen MR) is 106 cm³/mol. The standard InChI is InChI=1S/C19H28N4O2S/c1-12-14(10-21-9-8-20)26-17-15(12)16(24)23(19(2)6-7-19)18(25)22(17)11-13-4-3-5-13/h13,21H,3-11,20H2,1-2H3. The molecule has 0 saturated heterocycles. The summed E-state index contributed by atoms with van der Waals surface area (Å²) >= 11 is 1.59. The van der Waals surface area contributed by atoms with Gasteiger partial charge in [-0.1, -0.05) is 6.42 Å². The molecule has 2 aliphatic carbocycles. The van der Waals surface area contributed by atoms with Crippen LogP contribution in [0.15, 0.2) is 9.59 Å². The molecule has 0 aliphatic heterocycles. The molecule has 6 nitrogen and oxygen atoms in total. The summed E-state index contributed by atoms with van der Waals surface area (Å²) in [5, 5.41) is 4.06. The molecule has 2 aromatic rings. The molecule has 0 bridgehead atoms. The van der Waals surface area contributed by atoms with Crippen LogP contribution >= 0.6 is 11.3 Å². The molecule has 0 radical (unpaired) electrons. The molecule has 2 aromatic heterocycles. The number of nitrogens with one attached hydrogen (secondary N) is 1. The zero-order valence-corrected chi connectivity index (χ0v) is 16.5. The zero-order valence-electron chi connectivity index (χ0n) is 15.6. The van der Waals surface area contributed by atoms with Crippen molar-refractivity contribution in [3.05, 3.63) is 31.3 Å². The van der Waals surface area contributed by atoms with Crippen LogP contribution in [0.5, 0.6) is 0 Å².